The van der Waals surface area contributed by atoms with Crippen molar-refractivity contribution in [2.24, 2.45) is 0 Å². The molecule has 1 unspecified atom stereocenters. The Morgan fingerprint density at radius 2 is 1.77 bits per heavy atom. The Morgan fingerprint density at radius 1 is 0.974 bits per heavy atom. The summed E-state index contributed by atoms with van der Waals surface area (Å²) >= 11 is 0. The van der Waals surface area contributed by atoms with Gasteiger partial charge in [-0.2, -0.15) is 0 Å². The number of methoxy groups -OCH3 is 1. The highest BCUT2D eigenvalue weighted by Crippen LogP contribution is 2.32. The average Bonchev–Trinajstić information content (AvgIpc) is 3.51. The van der Waals surface area contributed by atoms with E-state index in [0.717, 1.165) is 12.8 Å². The number of imide groups is 1. The molecule has 1 atom stereocenters. The molecule has 1 fully saturated rings. The monoisotopic (exact) mass is 530 g/mol. The first-order valence-electron chi connectivity index (χ1n) is 12.4. The molecule has 200 valence electrons. The van der Waals surface area contributed by atoms with Crippen LogP contribution in [-0.4, -0.2) is 55.0 Å². The number of esters is 1. The van der Waals surface area contributed by atoms with E-state index in [1.54, 1.807) is 42.5 Å². The Kier molecular flexibility index (Phi) is 7.29. The molecule has 3 aromatic carbocycles. The van der Waals surface area contributed by atoms with Gasteiger partial charge < -0.3 is 24.3 Å². The largest absolute Gasteiger partial charge is 0.493 e. The maximum absolute atomic E-state index is 12.9. The third-order valence-electron chi connectivity index (χ3n) is 6.36. The van der Waals surface area contributed by atoms with E-state index in [1.807, 2.05) is 0 Å². The van der Waals surface area contributed by atoms with E-state index in [4.69, 9.17) is 18.9 Å². The summed E-state index contributed by atoms with van der Waals surface area (Å²) in [5.74, 6) is -0.362. The van der Waals surface area contributed by atoms with Gasteiger partial charge in [-0.3, -0.25) is 24.1 Å². The second kappa shape index (κ2) is 11.0. The van der Waals surface area contributed by atoms with Crippen molar-refractivity contribution in [3.05, 3.63) is 77.4 Å². The minimum absolute atomic E-state index is 0.131. The van der Waals surface area contributed by atoms with Crippen LogP contribution in [0, 0.1) is 0 Å². The highest BCUT2D eigenvalue weighted by molar-refractivity contribution is 6.21. The van der Waals surface area contributed by atoms with Crippen LogP contribution in [0.4, 0.5) is 5.69 Å². The van der Waals surface area contributed by atoms with Crippen molar-refractivity contribution >= 4 is 29.4 Å². The molecule has 0 spiro atoms. The molecule has 2 aliphatic heterocycles. The lowest BCUT2D eigenvalue weighted by Crippen LogP contribution is -2.36. The number of fused-ring (bicyclic) bond motifs is 1. The Balaban J connectivity index is 1.27. The summed E-state index contributed by atoms with van der Waals surface area (Å²) in [6, 6.07) is 16.0. The predicted octanol–water partition coefficient (Wildman–Crippen LogP) is 4.44. The molecule has 0 aliphatic carbocycles. The van der Waals surface area contributed by atoms with Crippen LogP contribution in [0.2, 0.25) is 0 Å². The van der Waals surface area contributed by atoms with Crippen LogP contribution < -0.4 is 19.5 Å². The minimum atomic E-state index is -0.502. The highest BCUT2D eigenvalue weighted by Gasteiger charge is 2.37. The fourth-order valence-corrected chi connectivity index (χ4v) is 4.52. The van der Waals surface area contributed by atoms with E-state index in [1.165, 1.54) is 37.1 Å². The molecular weight excluding hydrogens is 504 g/mol. The predicted molar refractivity (Wildman–Crippen MR) is 140 cm³/mol. The number of hydrogen-bond acceptors (Lipinski definition) is 8. The fourth-order valence-electron chi connectivity index (χ4n) is 4.52. The van der Waals surface area contributed by atoms with Gasteiger partial charge in [0.25, 0.3) is 17.7 Å². The number of carbonyl (C=O) groups is 4. The van der Waals surface area contributed by atoms with Gasteiger partial charge in [-0.25, -0.2) is 0 Å². The molecular formula is C29H26N2O8. The van der Waals surface area contributed by atoms with Gasteiger partial charge in [0, 0.05) is 30.8 Å². The second-order valence-corrected chi connectivity index (χ2v) is 9.11. The summed E-state index contributed by atoms with van der Waals surface area (Å²) in [7, 11) is 1.41. The van der Waals surface area contributed by atoms with Crippen molar-refractivity contribution in [2.45, 2.75) is 25.9 Å². The van der Waals surface area contributed by atoms with E-state index in [0.29, 0.717) is 34.9 Å². The van der Waals surface area contributed by atoms with Crippen molar-refractivity contribution < 1.29 is 38.1 Å². The molecule has 0 aromatic heterocycles. The van der Waals surface area contributed by atoms with Crippen LogP contribution in [0.25, 0.3) is 0 Å². The average molecular weight is 531 g/mol. The fraction of sp³-hybridized carbons (Fsp3) is 0.241. The lowest BCUT2D eigenvalue weighted by atomic mass is 10.1. The summed E-state index contributed by atoms with van der Waals surface area (Å²) in [6.45, 7) is 2.15. The molecule has 0 saturated carbocycles. The van der Waals surface area contributed by atoms with E-state index >= 15 is 0 Å². The van der Waals surface area contributed by atoms with Crippen LogP contribution in [0.3, 0.4) is 0 Å². The number of hydrogen-bond donors (Lipinski definition) is 1. The standard InChI is InChI=1S/C29H26N2O8/c1-17(32)38-25-11-8-18(13-26(25)36-2)27(33)30-19-5-3-6-20(14-19)39-21-9-10-23-24(15-21)29(35)31(28(23)34)16-22-7-4-12-37-22/h3,5-6,8-11,13-15,22H,4,7,12,16H2,1-2H3,(H,30,33). The second-order valence-electron chi connectivity index (χ2n) is 9.11. The molecule has 10 nitrogen and oxygen atoms in total. The van der Waals surface area contributed by atoms with Gasteiger partial charge in [-0.15, -0.1) is 0 Å². The number of nitrogens with one attached hydrogen (secondary N) is 1. The van der Waals surface area contributed by atoms with Crippen LogP contribution in [0.15, 0.2) is 60.7 Å². The normalized spacial score (nSPS) is 16.2. The van der Waals surface area contributed by atoms with Crippen LogP contribution >= 0.6 is 0 Å². The van der Waals surface area contributed by atoms with Gasteiger partial charge in [-0.05, 0) is 61.4 Å². The van der Waals surface area contributed by atoms with E-state index in [-0.39, 0.29) is 41.5 Å². The zero-order valence-electron chi connectivity index (χ0n) is 21.4. The summed E-state index contributed by atoms with van der Waals surface area (Å²) in [5.41, 5.74) is 1.38. The van der Waals surface area contributed by atoms with Crippen LogP contribution in [0.1, 0.15) is 50.8 Å². The van der Waals surface area contributed by atoms with Gasteiger partial charge >= 0.3 is 5.97 Å². The molecule has 2 aliphatic rings. The molecule has 0 bridgehead atoms. The summed E-state index contributed by atoms with van der Waals surface area (Å²) in [6.07, 6.45) is 1.61. The van der Waals surface area contributed by atoms with E-state index in [9.17, 15) is 19.2 Å². The lowest BCUT2D eigenvalue weighted by Gasteiger charge is -2.17. The van der Waals surface area contributed by atoms with Crippen LogP contribution in [0.5, 0.6) is 23.0 Å². The minimum Gasteiger partial charge on any atom is -0.493 e. The van der Waals surface area contributed by atoms with E-state index in [2.05, 4.69) is 5.32 Å². The molecule has 1 N–H and O–H groups in total. The van der Waals surface area contributed by atoms with Crippen LogP contribution in [-0.2, 0) is 9.53 Å². The Hall–Kier alpha value is -4.70. The first-order chi connectivity index (χ1) is 18.8. The number of rotatable bonds is 8. The SMILES string of the molecule is COc1cc(C(=O)Nc2cccc(Oc3ccc4c(c3)C(=O)N(CC3CCCO3)C4=O)c2)ccc1OC(C)=O. The summed E-state index contributed by atoms with van der Waals surface area (Å²) < 4.78 is 21.8. The number of benzene rings is 3. The van der Waals surface area contributed by atoms with Crippen molar-refractivity contribution in [3.8, 4) is 23.0 Å². The van der Waals surface area contributed by atoms with Gasteiger partial charge in [0.15, 0.2) is 11.5 Å². The highest BCUT2D eigenvalue weighted by atomic mass is 16.6. The number of ether oxygens (including phenoxy) is 4. The van der Waals surface area contributed by atoms with Crippen molar-refractivity contribution in [3.63, 3.8) is 0 Å². The quantitative estimate of drug-likeness (QED) is 0.258. The Labute approximate surface area is 224 Å². The van der Waals surface area contributed by atoms with Crippen molar-refractivity contribution in [1.29, 1.82) is 0 Å². The number of anilines is 1. The maximum atomic E-state index is 12.9. The maximum Gasteiger partial charge on any atom is 0.308 e. The molecule has 5 rings (SSSR count). The first kappa shape index (κ1) is 25.9. The summed E-state index contributed by atoms with van der Waals surface area (Å²) in [5, 5.41) is 2.79. The smallest absolute Gasteiger partial charge is 0.308 e. The molecule has 10 heteroatoms. The number of nitrogens with zero attached hydrogens (tertiary/aromatic N) is 1. The summed E-state index contributed by atoms with van der Waals surface area (Å²) in [4.78, 5) is 51.0. The number of amides is 3. The van der Waals surface area contributed by atoms with E-state index < -0.39 is 11.9 Å². The lowest BCUT2D eigenvalue weighted by molar-refractivity contribution is -0.132. The zero-order valence-corrected chi connectivity index (χ0v) is 21.4. The molecule has 2 heterocycles. The van der Waals surface area contributed by atoms with Gasteiger partial charge in [-0.1, -0.05) is 6.07 Å². The molecule has 39 heavy (non-hydrogen) atoms. The Bertz CT molecular complexity index is 1460. The third kappa shape index (κ3) is 5.60. The zero-order chi connectivity index (χ0) is 27.5. The molecule has 3 amide bonds. The van der Waals surface area contributed by atoms with Crippen molar-refractivity contribution in [1.82, 2.24) is 4.90 Å². The van der Waals surface area contributed by atoms with Gasteiger partial charge in [0.1, 0.15) is 11.5 Å². The number of carbonyl (C=O) groups excluding carboxylic acids is 4. The topological polar surface area (TPSA) is 120 Å². The molecule has 0 radical (unpaired) electrons. The third-order valence-corrected chi connectivity index (χ3v) is 6.36. The molecule has 3 aromatic rings. The first-order valence-corrected chi connectivity index (χ1v) is 12.4. The molecule has 1 saturated heterocycles. The van der Waals surface area contributed by atoms with Crippen molar-refractivity contribution in [2.75, 3.05) is 25.6 Å². The van der Waals surface area contributed by atoms with Gasteiger partial charge in [0.2, 0.25) is 0 Å². The Morgan fingerprint density at radius 3 is 2.51 bits per heavy atom. The van der Waals surface area contributed by atoms with Gasteiger partial charge in [0.05, 0.1) is 30.9 Å².